The molecule has 0 unspecified atom stereocenters. The number of hydrogen-bond donors (Lipinski definition) is 0. The monoisotopic (exact) mass is 176 g/mol. The average Bonchev–Trinajstić information content (AvgIpc) is 2.14. The lowest BCUT2D eigenvalue weighted by molar-refractivity contribution is 1.46. The summed E-state index contributed by atoms with van der Waals surface area (Å²) >= 11 is 1.83. The molecule has 0 heterocycles. The fraction of sp³-hybridized carbons (Fsp3) is 0.0909. The second kappa shape index (κ2) is 5.67. The first-order valence-electron chi connectivity index (χ1n) is 3.89. The molecule has 12 heavy (non-hydrogen) atoms. The summed E-state index contributed by atoms with van der Waals surface area (Å²) in [6, 6.07) is 10.4. The smallest absolute Gasteiger partial charge is 0.0163 e. The molecule has 0 aromatic heterocycles. The summed E-state index contributed by atoms with van der Waals surface area (Å²) in [6.45, 7) is 3.61. The molecule has 0 atom stereocenters. The quantitative estimate of drug-likeness (QED) is 0.499. The third-order valence-corrected chi connectivity index (χ3v) is 2.33. The Hall–Kier alpha value is -0.950. The van der Waals surface area contributed by atoms with Gasteiger partial charge in [-0.1, -0.05) is 43.0 Å². The first kappa shape index (κ1) is 9.14. The van der Waals surface area contributed by atoms with Crippen LogP contribution in [0.4, 0.5) is 0 Å². The zero-order valence-electron chi connectivity index (χ0n) is 6.94. The highest BCUT2D eigenvalue weighted by Crippen LogP contribution is 2.16. The van der Waals surface area contributed by atoms with Crippen LogP contribution in [0.1, 0.15) is 0 Å². The van der Waals surface area contributed by atoms with Crippen molar-refractivity contribution in [1.82, 2.24) is 0 Å². The molecule has 0 aliphatic rings. The van der Waals surface area contributed by atoms with Crippen LogP contribution in [-0.4, -0.2) is 5.75 Å². The van der Waals surface area contributed by atoms with Gasteiger partial charge in [-0.15, -0.1) is 11.8 Å². The highest BCUT2D eigenvalue weighted by molar-refractivity contribution is 7.99. The van der Waals surface area contributed by atoms with E-state index in [-0.39, 0.29) is 0 Å². The number of hydrogen-bond acceptors (Lipinski definition) is 1. The molecule has 0 bridgehead atoms. The molecule has 1 rings (SSSR count). The van der Waals surface area contributed by atoms with E-state index in [0.717, 1.165) is 5.75 Å². The van der Waals surface area contributed by atoms with E-state index in [1.54, 1.807) is 6.08 Å². The van der Waals surface area contributed by atoms with Crippen LogP contribution < -0.4 is 0 Å². The van der Waals surface area contributed by atoms with Crippen molar-refractivity contribution in [3.63, 3.8) is 0 Å². The third kappa shape index (κ3) is 3.44. The summed E-state index contributed by atoms with van der Waals surface area (Å²) in [5.41, 5.74) is 0. The van der Waals surface area contributed by atoms with Crippen molar-refractivity contribution < 1.29 is 0 Å². The molecule has 1 aromatic carbocycles. The largest absolute Gasteiger partial charge is 0.122 e. The van der Waals surface area contributed by atoms with Gasteiger partial charge in [-0.2, -0.15) is 0 Å². The van der Waals surface area contributed by atoms with Crippen LogP contribution in [0.3, 0.4) is 0 Å². The zero-order chi connectivity index (χ0) is 8.65. The maximum atomic E-state index is 3.61. The molecule has 0 aliphatic carbocycles. The molecule has 0 nitrogen and oxygen atoms in total. The van der Waals surface area contributed by atoms with Crippen LogP contribution in [0.25, 0.3) is 0 Å². The third-order valence-electron chi connectivity index (χ3n) is 1.36. The summed E-state index contributed by atoms with van der Waals surface area (Å²) in [7, 11) is 0. The van der Waals surface area contributed by atoms with Crippen molar-refractivity contribution in [2.24, 2.45) is 0 Å². The summed E-state index contributed by atoms with van der Waals surface area (Å²) in [5.74, 6) is 1.01. The van der Waals surface area contributed by atoms with Gasteiger partial charge in [0.1, 0.15) is 0 Å². The van der Waals surface area contributed by atoms with Gasteiger partial charge in [0.2, 0.25) is 0 Å². The van der Waals surface area contributed by atoms with Crippen molar-refractivity contribution in [2.45, 2.75) is 4.90 Å². The molecular formula is C11H12S. The van der Waals surface area contributed by atoms with Crippen LogP contribution in [-0.2, 0) is 0 Å². The minimum atomic E-state index is 1.01. The van der Waals surface area contributed by atoms with Crippen molar-refractivity contribution in [3.05, 3.63) is 55.1 Å². The van der Waals surface area contributed by atoms with Crippen LogP contribution in [0, 0.1) is 0 Å². The molecule has 1 heteroatoms. The molecule has 0 saturated carbocycles. The van der Waals surface area contributed by atoms with Crippen LogP contribution in [0.15, 0.2) is 60.0 Å². The van der Waals surface area contributed by atoms with E-state index in [9.17, 15) is 0 Å². The predicted octanol–water partition coefficient (Wildman–Crippen LogP) is 3.52. The lowest BCUT2D eigenvalue weighted by atomic mass is 10.4. The molecule has 0 saturated heterocycles. The second-order valence-electron chi connectivity index (χ2n) is 2.29. The molecule has 0 N–H and O–H groups in total. The molecular weight excluding hydrogens is 164 g/mol. The van der Waals surface area contributed by atoms with E-state index < -0.39 is 0 Å². The summed E-state index contributed by atoms with van der Waals surface area (Å²) < 4.78 is 0. The normalized spacial score (nSPS) is 10.3. The highest BCUT2D eigenvalue weighted by atomic mass is 32.2. The van der Waals surface area contributed by atoms with E-state index in [1.165, 1.54) is 4.90 Å². The van der Waals surface area contributed by atoms with Crippen molar-refractivity contribution in [2.75, 3.05) is 5.75 Å². The van der Waals surface area contributed by atoms with Gasteiger partial charge in [0.15, 0.2) is 0 Å². The number of benzene rings is 1. The average molecular weight is 176 g/mol. The number of thioether (sulfide) groups is 1. The molecule has 0 aliphatic heterocycles. The maximum Gasteiger partial charge on any atom is 0.0163 e. The van der Waals surface area contributed by atoms with E-state index >= 15 is 0 Å². The summed E-state index contributed by atoms with van der Waals surface area (Å²) in [4.78, 5) is 1.31. The Morgan fingerprint density at radius 2 is 2.00 bits per heavy atom. The van der Waals surface area contributed by atoms with Crippen LogP contribution >= 0.6 is 11.8 Å². The highest BCUT2D eigenvalue weighted by Gasteiger charge is 1.86. The Kier molecular flexibility index (Phi) is 4.32. The maximum absolute atomic E-state index is 3.61. The lowest BCUT2D eigenvalue weighted by Crippen LogP contribution is -1.71. The van der Waals surface area contributed by atoms with Gasteiger partial charge in [-0.3, -0.25) is 0 Å². The molecule has 1 aromatic rings. The summed E-state index contributed by atoms with van der Waals surface area (Å²) in [5, 5.41) is 0. The minimum absolute atomic E-state index is 1.01. The molecule has 0 fully saturated rings. The van der Waals surface area contributed by atoms with Crippen LogP contribution in [0.5, 0.6) is 0 Å². The molecule has 0 amide bonds. The zero-order valence-corrected chi connectivity index (χ0v) is 7.76. The van der Waals surface area contributed by atoms with Gasteiger partial charge in [-0.05, 0) is 12.1 Å². The van der Waals surface area contributed by atoms with Crippen molar-refractivity contribution >= 4 is 11.8 Å². The van der Waals surface area contributed by atoms with Gasteiger partial charge in [0.25, 0.3) is 0 Å². The minimum Gasteiger partial charge on any atom is -0.122 e. The lowest BCUT2D eigenvalue weighted by Gasteiger charge is -1.95. The standard InChI is InChI=1S/C11H12S/c1-2-3-7-10-12-11-8-5-4-6-9-11/h2-9H,1,10H2. The Labute approximate surface area is 78.0 Å². The fourth-order valence-electron chi connectivity index (χ4n) is 0.813. The van der Waals surface area contributed by atoms with Gasteiger partial charge in [-0.25, -0.2) is 0 Å². The Morgan fingerprint density at radius 3 is 2.67 bits per heavy atom. The molecule has 0 spiro atoms. The van der Waals surface area contributed by atoms with Gasteiger partial charge >= 0.3 is 0 Å². The number of rotatable bonds is 4. The van der Waals surface area contributed by atoms with Gasteiger partial charge < -0.3 is 0 Å². The first-order chi connectivity index (χ1) is 5.93. The number of allylic oxidation sites excluding steroid dienone is 2. The van der Waals surface area contributed by atoms with Gasteiger partial charge in [0.05, 0.1) is 0 Å². The van der Waals surface area contributed by atoms with E-state index in [2.05, 4.69) is 36.9 Å². The van der Waals surface area contributed by atoms with Crippen molar-refractivity contribution in [3.8, 4) is 0 Å². The Morgan fingerprint density at radius 1 is 1.25 bits per heavy atom. The summed E-state index contributed by atoms with van der Waals surface area (Å²) in [6.07, 6.45) is 5.87. The van der Waals surface area contributed by atoms with E-state index in [1.807, 2.05) is 23.9 Å². The second-order valence-corrected chi connectivity index (χ2v) is 3.38. The topological polar surface area (TPSA) is 0 Å². The predicted molar refractivity (Wildman–Crippen MR) is 56.5 cm³/mol. The Bertz CT molecular complexity index is 249. The SMILES string of the molecule is C=CC=CCSc1ccccc1. The van der Waals surface area contributed by atoms with Crippen molar-refractivity contribution in [1.29, 1.82) is 0 Å². The molecule has 0 radical (unpaired) electrons. The van der Waals surface area contributed by atoms with Gasteiger partial charge in [0, 0.05) is 10.6 Å². The van der Waals surface area contributed by atoms with E-state index in [4.69, 9.17) is 0 Å². The Balaban J connectivity index is 2.33. The van der Waals surface area contributed by atoms with Crippen LogP contribution in [0.2, 0.25) is 0 Å². The first-order valence-corrected chi connectivity index (χ1v) is 4.87. The molecule has 62 valence electrons. The van der Waals surface area contributed by atoms with E-state index in [0.29, 0.717) is 0 Å². The fourth-order valence-corrected chi connectivity index (χ4v) is 1.56.